The number of rotatable bonds is 8. The number of amides is 4. The molecule has 2 aromatic heterocycles. The van der Waals surface area contributed by atoms with Crippen molar-refractivity contribution in [2.24, 2.45) is 0 Å². The fourth-order valence-electron chi connectivity index (χ4n) is 3.31. The smallest absolute Gasteiger partial charge is 0.324 e. The highest BCUT2D eigenvalue weighted by Crippen LogP contribution is 2.21. The summed E-state index contributed by atoms with van der Waals surface area (Å²) in [5, 5.41) is 9.64. The molecule has 0 bridgehead atoms. The largest absolute Gasteiger partial charge is 0.347 e. The number of thiophene rings is 1. The van der Waals surface area contributed by atoms with Gasteiger partial charge in [0.2, 0.25) is 5.91 Å². The SMILES string of the molecule is CCCN1C(=O)N[C@H](CC(=O)N[C@H](Cc2ccsc2)c2ncccc2C)C1=O. The lowest BCUT2D eigenvalue weighted by Gasteiger charge is -2.20. The first-order valence-corrected chi connectivity index (χ1v) is 10.3. The van der Waals surface area contributed by atoms with Gasteiger partial charge in [-0.2, -0.15) is 11.3 Å². The van der Waals surface area contributed by atoms with E-state index in [1.54, 1.807) is 17.5 Å². The van der Waals surface area contributed by atoms with Gasteiger partial charge in [0.25, 0.3) is 5.91 Å². The van der Waals surface area contributed by atoms with Crippen LogP contribution in [0.3, 0.4) is 0 Å². The van der Waals surface area contributed by atoms with Crippen molar-refractivity contribution in [3.05, 3.63) is 52.0 Å². The Morgan fingerprint density at radius 1 is 1.39 bits per heavy atom. The fraction of sp³-hybridized carbons (Fsp3) is 0.400. The minimum Gasteiger partial charge on any atom is -0.347 e. The molecule has 4 amide bonds. The summed E-state index contributed by atoms with van der Waals surface area (Å²) in [5.74, 6) is -0.632. The topological polar surface area (TPSA) is 91.4 Å². The molecule has 2 atom stereocenters. The molecule has 148 valence electrons. The number of aryl methyl sites for hydroxylation is 1. The standard InChI is InChI=1S/C20H24N4O3S/c1-3-8-24-19(26)16(23-20(24)27)11-17(25)22-15(10-14-6-9-28-12-14)18-13(2)5-4-7-21-18/h4-7,9,12,15-16H,3,8,10-11H2,1-2H3,(H,22,25)(H,23,27)/t15-,16-/m1/s1. The summed E-state index contributed by atoms with van der Waals surface area (Å²) in [6.45, 7) is 4.21. The van der Waals surface area contributed by atoms with Crippen molar-refractivity contribution in [2.75, 3.05) is 6.54 Å². The number of nitrogens with one attached hydrogen (secondary N) is 2. The van der Waals surface area contributed by atoms with Gasteiger partial charge in [-0.1, -0.05) is 13.0 Å². The Labute approximate surface area is 168 Å². The number of carbonyl (C=O) groups excluding carboxylic acids is 3. The molecule has 1 saturated heterocycles. The molecule has 0 aliphatic carbocycles. The highest BCUT2D eigenvalue weighted by Gasteiger charge is 2.38. The van der Waals surface area contributed by atoms with Gasteiger partial charge in [-0.15, -0.1) is 0 Å². The van der Waals surface area contributed by atoms with Gasteiger partial charge in [-0.3, -0.25) is 19.5 Å². The molecule has 1 fully saturated rings. The Hall–Kier alpha value is -2.74. The van der Waals surface area contributed by atoms with Crippen LogP contribution >= 0.6 is 11.3 Å². The molecule has 0 saturated carbocycles. The maximum Gasteiger partial charge on any atom is 0.324 e. The first-order valence-electron chi connectivity index (χ1n) is 9.33. The van der Waals surface area contributed by atoms with Crippen LogP contribution in [0.1, 0.15) is 42.6 Å². The molecule has 7 nitrogen and oxygen atoms in total. The van der Waals surface area contributed by atoms with Gasteiger partial charge >= 0.3 is 6.03 Å². The number of hydrogen-bond donors (Lipinski definition) is 2. The Morgan fingerprint density at radius 3 is 2.89 bits per heavy atom. The van der Waals surface area contributed by atoms with Crippen molar-refractivity contribution in [1.82, 2.24) is 20.5 Å². The number of imide groups is 1. The van der Waals surface area contributed by atoms with Gasteiger partial charge in [0.1, 0.15) is 6.04 Å². The second-order valence-electron chi connectivity index (χ2n) is 6.86. The van der Waals surface area contributed by atoms with Crippen LogP contribution in [-0.2, 0) is 16.0 Å². The predicted octanol–water partition coefficient (Wildman–Crippen LogP) is 2.57. The molecule has 2 N–H and O–H groups in total. The molecule has 3 rings (SSSR count). The number of urea groups is 1. The van der Waals surface area contributed by atoms with E-state index in [-0.39, 0.29) is 24.3 Å². The molecule has 8 heteroatoms. The second kappa shape index (κ2) is 8.97. The van der Waals surface area contributed by atoms with Crippen molar-refractivity contribution in [2.45, 2.75) is 45.2 Å². The molecule has 1 aliphatic rings. The quantitative estimate of drug-likeness (QED) is 0.666. The number of nitrogens with zero attached hydrogens (tertiary/aromatic N) is 2. The van der Waals surface area contributed by atoms with Crippen LogP contribution in [-0.4, -0.2) is 40.3 Å². The van der Waals surface area contributed by atoms with Crippen LogP contribution in [0.2, 0.25) is 0 Å². The molecule has 0 unspecified atom stereocenters. The molecule has 2 aromatic rings. The number of pyridine rings is 1. The van der Waals surface area contributed by atoms with Gasteiger partial charge in [-0.25, -0.2) is 4.79 Å². The highest BCUT2D eigenvalue weighted by molar-refractivity contribution is 7.07. The first kappa shape index (κ1) is 20.0. The summed E-state index contributed by atoms with van der Waals surface area (Å²) in [4.78, 5) is 42.6. The Balaban J connectivity index is 1.70. The summed E-state index contributed by atoms with van der Waals surface area (Å²) in [7, 11) is 0. The van der Waals surface area contributed by atoms with Gasteiger partial charge in [0.15, 0.2) is 0 Å². The maximum absolute atomic E-state index is 12.7. The molecule has 0 aromatic carbocycles. The molecule has 28 heavy (non-hydrogen) atoms. The Morgan fingerprint density at radius 2 is 2.21 bits per heavy atom. The minimum atomic E-state index is -0.814. The molecular weight excluding hydrogens is 376 g/mol. The first-order chi connectivity index (χ1) is 13.5. The van der Waals surface area contributed by atoms with Gasteiger partial charge in [0, 0.05) is 12.7 Å². The lowest BCUT2D eigenvalue weighted by molar-refractivity contribution is -0.131. The van der Waals surface area contributed by atoms with Crippen LogP contribution in [0, 0.1) is 6.92 Å². The van der Waals surface area contributed by atoms with Crippen LogP contribution < -0.4 is 10.6 Å². The third-order valence-corrected chi connectivity index (χ3v) is 5.41. The highest BCUT2D eigenvalue weighted by atomic mass is 32.1. The third-order valence-electron chi connectivity index (χ3n) is 4.68. The summed E-state index contributed by atoms with van der Waals surface area (Å²) in [6.07, 6.45) is 2.91. The van der Waals surface area contributed by atoms with Crippen LogP contribution in [0.25, 0.3) is 0 Å². The van der Waals surface area contributed by atoms with Crippen molar-refractivity contribution in [3.63, 3.8) is 0 Å². The van der Waals surface area contributed by atoms with Gasteiger partial charge in [0.05, 0.1) is 18.2 Å². The summed E-state index contributed by atoms with van der Waals surface area (Å²) in [6, 6.07) is 4.29. The molecule has 0 spiro atoms. The average molecular weight is 401 g/mol. The van der Waals surface area contributed by atoms with E-state index in [9.17, 15) is 14.4 Å². The van der Waals surface area contributed by atoms with Crippen LogP contribution in [0.4, 0.5) is 4.79 Å². The van der Waals surface area contributed by atoms with Crippen molar-refractivity contribution >= 4 is 29.2 Å². The number of carbonyl (C=O) groups is 3. The zero-order valence-electron chi connectivity index (χ0n) is 16.0. The van der Waals surface area contributed by atoms with E-state index < -0.39 is 12.1 Å². The van der Waals surface area contributed by atoms with Gasteiger partial charge < -0.3 is 10.6 Å². The second-order valence-corrected chi connectivity index (χ2v) is 7.64. The zero-order valence-corrected chi connectivity index (χ0v) is 16.8. The average Bonchev–Trinajstić information content (AvgIpc) is 3.26. The van der Waals surface area contributed by atoms with Gasteiger partial charge in [-0.05, 0) is 53.8 Å². The summed E-state index contributed by atoms with van der Waals surface area (Å²) < 4.78 is 0. The van der Waals surface area contributed by atoms with E-state index in [1.807, 2.05) is 42.8 Å². The van der Waals surface area contributed by atoms with Crippen LogP contribution in [0.15, 0.2) is 35.2 Å². The lowest BCUT2D eigenvalue weighted by Crippen LogP contribution is -2.38. The summed E-state index contributed by atoms with van der Waals surface area (Å²) in [5.41, 5.74) is 2.90. The van der Waals surface area contributed by atoms with E-state index >= 15 is 0 Å². The Bertz CT molecular complexity index is 853. The lowest BCUT2D eigenvalue weighted by atomic mass is 10.0. The minimum absolute atomic E-state index is 0.0865. The normalized spacial score (nSPS) is 17.5. The van der Waals surface area contributed by atoms with Crippen molar-refractivity contribution in [1.29, 1.82) is 0 Å². The zero-order chi connectivity index (χ0) is 20.1. The van der Waals surface area contributed by atoms with E-state index in [2.05, 4.69) is 15.6 Å². The van der Waals surface area contributed by atoms with E-state index in [4.69, 9.17) is 0 Å². The van der Waals surface area contributed by atoms with Crippen molar-refractivity contribution in [3.8, 4) is 0 Å². The summed E-state index contributed by atoms with van der Waals surface area (Å²) >= 11 is 1.60. The van der Waals surface area contributed by atoms with Crippen LogP contribution in [0.5, 0.6) is 0 Å². The third kappa shape index (κ3) is 4.56. The van der Waals surface area contributed by atoms with E-state index in [1.165, 1.54) is 4.90 Å². The monoisotopic (exact) mass is 400 g/mol. The molecule has 3 heterocycles. The molecule has 0 radical (unpaired) electrons. The van der Waals surface area contributed by atoms with Crippen molar-refractivity contribution < 1.29 is 14.4 Å². The number of hydrogen-bond acceptors (Lipinski definition) is 5. The fourth-order valence-corrected chi connectivity index (χ4v) is 3.99. The van der Waals surface area contributed by atoms with E-state index in [0.717, 1.165) is 16.8 Å². The number of aromatic nitrogens is 1. The maximum atomic E-state index is 12.7. The molecule has 1 aliphatic heterocycles. The molecular formula is C20H24N4O3S. The Kier molecular flexibility index (Phi) is 6.41. The predicted molar refractivity (Wildman–Crippen MR) is 107 cm³/mol. The van der Waals surface area contributed by atoms with E-state index in [0.29, 0.717) is 19.4 Å².